The predicted octanol–water partition coefficient (Wildman–Crippen LogP) is 2.41. The van der Waals surface area contributed by atoms with Crippen molar-refractivity contribution in [2.75, 3.05) is 20.3 Å². The standard InChI is InChI=1S/C20H23NO4/c1-24-17-8-6-15(7-9-17)19(22)12-21-20(23)13-25-18-10-5-14-3-2-4-16(14)11-18/h5-11,19,22H,2-4,12-13H2,1H3,(H,21,23). The van der Waals surface area contributed by atoms with E-state index in [2.05, 4.69) is 11.4 Å². The van der Waals surface area contributed by atoms with Crippen molar-refractivity contribution in [1.29, 1.82) is 0 Å². The molecule has 0 fully saturated rings. The summed E-state index contributed by atoms with van der Waals surface area (Å²) >= 11 is 0. The Bertz CT molecular complexity index is 727. The van der Waals surface area contributed by atoms with Gasteiger partial charge in [-0.05, 0) is 60.2 Å². The summed E-state index contributed by atoms with van der Waals surface area (Å²) in [6.07, 6.45) is 2.61. The van der Waals surface area contributed by atoms with Crippen LogP contribution in [0.15, 0.2) is 42.5 Å². The molecule has 0 spiro atoms. The average Bonchev–Trinajstić information content (AvgIpc) is 3.12. The van der Waals surface area contributed by atoms with Crippen molar-refractivity contribution in [2.45, 2.75) is 25.4 Å². The minimum atomic E-state index is -0.769. The van der Waals surface area contributed by atoms with E-state index in [1.54, 1.807) is 31.4 Å². The van der Waals surface area contributed by atoms with Gasteiger partial charge in [0.25, 0.3) is 5.91 Å². The van der Waals surface area contributed by atoms with Gasteiger partial charge in [0.1, 0.15) is 11.5 Å². The summed E-state index contributed by atoms with van der Waals surface area (Å²) in [4.78, 5) is 11.9. The zero-order valence-corrected chi connectivity index (χ0v) is 14.3. The van der Waals surface area contributed by atoms with Gasteiger partial charge in [-0.15, -0.1) is 0 Å². The molecule has 5 nitrogen and oxygen atoms in total. The first-order valence-corrected chi connectivity index (χ1v) is 8.49. The minimum Gasteiger partial charge on any atom is -0.497 e. The number of aliphatic hydroxyl groups is 1. The van der Waals surface area contributed by atoms with Gasteiger partial charge in [0.2, 0.25) is 0 Å². The molecule has 1 aliphatic carbocycles. The third-order valence-electron chi connectivity index (χ3n) is 4.43. The predicted molar refractivity (Wildman–Crippen MR) is 94.9 cm³/mol. The molecular formula is C20H23NO4. The number of rotatable bonds is 7. The number of fused-ring (bicyclic) bond motifs is 1. The van der Waals surface area contributed by atoms with Crippen molar-refractivity contribution in [3.63, 3.8) is 0 Å². The van der Waals surface area contributed by atoms with E-state index >= 15 is 0 Å². The number of hydrogen-bond donors (Lipinski definition) is 2. The summed E-state index contributed by atoms with van der Waals surface area (Å²) in [7, 11) is 1.59. The van der Waals surface area contributed by atoms with Crippen molar-refractivity contribution >= 4 is 5.91 Å². The molecule has 132 valence electrons. The lowest BCUT2D eigenvalue weighted by molar-refractivity contribution is -0.123. The molecule has 0 radical (unpaired) electrons. The second-order valence-electron chi connectivity index (χ2n) is 6.17. The number of aryl methyl sites for hydroxylation is 2. The van der Waals surface area contributed by atoms with Gasteiger partial charge < -0.3 is 19.9 Å². The minimum absolute atomic E-state index is 0.0614. The highest BCUT2D eigenvalue weighted by Crippen LogP contribution is 2.26. The van der Waals surface area contributed by atoms with Crippen molar-refractivity contribution in [1.82, 2.24) is 5.32 Å². The maximum absolute atomic E-state index is 11.9. The summed E-state index contributed by atoms with van der Waals surface area (Å²) in [6, 6.07) is 13.1. The molecule has 1 atom stereocenters. The molecular weight excluding hydrogens is 318 g/mol. The van der Waals surface area contributed by atoms with E-state index in [1.807, 2.05) is 12.1 Å². The number of carbonyl (C=O) groups excluding carboxylic acids is 1. The second-order valence-corrected chi connectivity index (χ2v) is 6.17. The summed E-state index contributed by atoms with van der Waals surface area (Å²) in [5, 5.41) is 12.8. The fraction of sp³-hybridized carbons (Fsp3) is 0.350. The van der Waals surface area contributed by atoms with Crippen LogP contribution in [0.2, 0.25) is 0 Å². The third-order valence-corrected chi connectivity index (χ3v) is 4.43. The van der Waals surface area contributed by atoms with Crippen LogP contribution in [0.4, 0.5) is 0 Å². The molecule has 0 saturated carbocycles. The Morgan fingerprint density at radius 1 is 1.12 bits per heavy atom. The summed E-state index contributed by atoms with van der Waals surface area (Å²) < 4.78 is 10.6. The lowest BCUT2D eigenvalue weighted by Gasteiger charge is -2.13. The van der Waals surface area contributed by atoms with Crippen molar-refractivity contribution in [3.05, 3.63) is 59.2 Å². The molecule has 0 heterocycles. The molecule has 0 aliphatic heterocycles. The molecule has 1 amide bonds. The number of amides is 1. The molecule has 3 rings (SSSR count). The Balaban J connectivity index is 1.44. The Morgan fingerprint density at radius 2 is 1.84 bits per heavy atom. The van der Waals surface area contributed by atoms with E-state index in [0.29, 0.717) is 5.75 Å². The third kappa shape index (κ3) is 4.51. The largest absolute Gasteiger partial charge is 0.497 e. The van der Waals surface area contributed by atoms with Crippen molar-refractivity contribution < 1.29 is 19.4 Å². The van der Waals surface area contributed by atoms with Gasteiger partial charge in [-0.1, -0.05) is 18.2 Å². The van der Waals surface area contributed by atoms with Gasteiger partial charge >= 0.3 is 0 Å². The highest BCUT2D eigenvalue weighted by Gasteiger charge is 2.13. The Hall–Kier alpha value is -2.53. The lowest BCUT2D eigenvalue weighted by atomic mass is 10.1. The SMILES string of the molecule is COc1ccc(C(O)CNC(=O)COc2ccc3c(c2)CCC3)cc1. The number of benzene rings is 2. The van der Waals surface area contributed by atoms with Gasteiger partial charge in [0.15, 0.2) is 6.61 Å². The van der Waals surface area contributed by atoms with Crippen LogP contribution in [0.25, 0.3) is 0 Å². The summed E-state index contributed by atoms with van der Waals surface area (Å²) in [6.45, 7) is 0.0762. The molecule has 2 aromatic carbocycles. The van der Waals surface area contributed by atoms with Crippen LogP contribution in [0.1, 0.15) is 29.2 Å². The summed E-state index contributed by atoms with van der Waals surface area (Å²) in [5.41, 5.74) is 3.41. The zero-order valence-electron chi connectivity index (χ0n) is 14.3. The van der Waals surface area contributed by atoms with Gasteiger partial charge in [-0.3, -0.25) is 4.79 Å². The van der Waals surface area contributed by atoms with Gasteiger partial charge in [0.05, 0.1) is 13.2 Å². The molecule has 1 unspecified atom stereocenters. The molecule has 0 aromatic heterocycles. The van der Waals surface area contributed by atoms with Crippen LogP contribution < -0.4 is 14.8 Å². The number of carbonyl (C=O) groups is 1. The van der Waals surface area contributed by atoms with Gasteiger partial charge in [-0.25, -0.2) is 0 Å². The first kappa shape index (κ1) is 17.3. The zero-order chi connectivity index (χ0) is 17.6. The van der Waals surface area contributed by atoms with Gasteiger partial charge in [-0.2, -0.15) is 0 Å². The normalized spacial score (nSPS) is 13.8. The first-order chi connectivity index (χ1) is 12.2. The topological polar surface area (TPSA) is 67.8 Å². The Kier molecular flexibility index (Phi) is 5.56. The monoisotopic (exact) mass is 341 g/mol. The lowest BCUT2D eigenvalue weighted by Crippen LogP contribution is -2.32. The second kappa shape index (κ2) is 8.03. The van der Waals surface area contributed by atoms with Crippen LogP contribution in [-0.4, -0.2) is 31.3 Å². The maximum atomic E-state index is 11.9. The number of ether oxygens (including phenoxy) is 2. The first-order valence-electron chi connectivity index (χ1n) is 8.49. The van der Waals surface area contributed by atoms with E-state index in [1.165, 1.54) is 17.5 Å². The quantitative estimate of drug-likeness (QED) is 0.812. The Morgan fingerprint density at radius 3 is 2.60 bits per heavy atom. The highest BCUT2D eigenvalue weighted by atomic mass is 16.5. The number of aliphatic hydroxyl groups excluding tert-OH is 1. The number of nitrogens with one attached hydrogen (secondary N) is 1. The van der Waals surface area contributed by atoms with Crippen LogP contribution in [-0.2, 0) is 17.6 Å². The van der Waals surface area contributed by atoms with Crippen molar-refractivity contribution in [2.24, 2.45) is 0 Å². The van der Waals surface area contributed by atoms with E-state index in [0.717, 1.165) is 24.2 Å². The summed E-state index contributed by atoms with van der Waals surface area (Å²) in [5.74, 6) is 1.18. The highest BCUT2D eigenvalue weighted by molar-refractivity contribution is 5.77. The smallest absolute Gasteiger partial charge is 0.258 e. The van der Waals surface area contributed by atoms with Crippen LogP contribution in [0.5, 0.6) is 11.5 Å². The molecule has 0 bridgehead atoms. The maximum Gasteiger partial charge on any atom is 0.258 e. The average molecular weight is 341 g/mol. The number of hydrogen-bond acceptors (Lipinski definition) is 4. The molecule has 5 heteroatoms. The molecule has 0 saturated heterocycles. The molecule has 1 aliphatic rings. The molecule has 2 N–H and O–H groups in total. The Labute approximate surface area is 147 Å². The van der Waals surface area contributed by atoms with Crippen LogP contribution in [0, 0.1) is 0 Å². The van der Waals surface area contributed by atoms with E-state index in [9.17, 15) is 9.90 Å². The van der Waals surface area contributed by atoms with E-state index in [-0.39, 0.29) is 19.1 Å². The fourth-order valence-electron chi connectivity index (χ4n) is 2.99. The molecule has 2 aromatic rings. The number of methoxy groups -OCH3 is 1. The van der Waals surface area contributed by atoms with E-state index in [4.69, 9.17) is 9.47 Å². The van der Waals surface area contributed by atoms with Crippen LogP contribution in [0.3, 0.4) is 0 Å². The van der Waals surface area contributed by atoms with Gasteiger partial charge in [0, 0.05) is 6.54 Å². The van der Waals surface area contributed by atoms with E-state index < -0.39 is 6.10 Å². The fourth-order valence-corrected chi connectivity index (χ4v) is 2.99. The van der Waals surface area contributed by atoms with Crippen molar-refractivity contribution in [3.8, 4) is 11.5 Å². The molecule has 25 heavy (non-hydrogen) atoms. The van der Waals surface area contributed by atoms with Crippen LogP contribution >= 0.6 is 0 Å².